The van der Waals surface area contributed by atoms with Gasteiger partial charge in [-0.2, -0.15) is 0 Å². The second-order valence-corrected chi connectivity index (χ2v) is 6.04. The third-order valence-electron chi connectivity index (χ3n) is 4.02. The predicted molar refractivity (Wildman–Crippen MR) is 106 cm³/mol. The molecule has 5 nitrogen and oxygen atoms in total. The molecule has 3 rings (SSSR count). The van der Waals surface area contributed by atoms with Crippen molar-refractivity contribution >= 4 is 46.0 Å². The summed E-state index contributed by atoms with van der Waals surface area (Å²) in [5.74, 6) is -0.354. The first kappa shape index (κ1) is 17.8. The molecule has 0 aliphatic carbocycles. The highest BCUT2D eigenvalue weighted by Crippen LogP contribution is 2.31. The van der Waals surface area contributed by atoms with Gasteiger partial charge in [0.1, 0.15) is 11.3 Å². The molecule has 1 saturated heterocycles. The van der Waals surface area contributed by atoms with Crippen LogP contribution in [-0.4, -0.2) is 35.0 Å². The van der Waals surface area contributed by atoms with E-state index in [2.05, 4.69) is 11.9 Å². The lowest BCUT2D eigenvalue weighted by atomic mass is 10.00. The monoisotopic (exact) mass is 366 g/mol. The summed E-state index contributed by atoms with van der Waals surface area (Å²) >= 11 is 5.08. The summed E-state index contributed by atoms with van der Waals surface area (Å²) in [6, 6.07) is 11.5. The van der Waals surface area contributed by atoms with Crippen LogP contribution < -0.4 is 10.1 Å². The molecular formula is C20H18N2O3S. The maximum absolute atomic E-state index is 12.8. The smallest absolute Gasteiger partial charge is 0.265 e. The van der Waals surface area contributed by atoms with Gasteiger partial charge in [0.2, 0.25) is 0 Å². The van der Waals surface area contributed by atoms with E-state index < -0.39 is 11.8 Å². The molecule has 1 aliphatic rings. The van der Waals surface area contributed by atoms with E-state index in [9.17, 15) is 9.59 Å². The lowest BCUT2D eigenvalue weighted by Crippen LogP contribution is -2.53. The Morgan fingerprint density at radius 2 is 2.00 bits per heavy atom. The van der Waals surface area contributed by atoms with E-state index in [1.165, 1.54) is 4.90 Å². The van der Waals surface area contributed by atoms with Crippen LogP contribution in [0.4, 0.5) is 0 Å². The van der Waals surface area contributed by atoms with Gasteiger partial charge in [-0.25, -0.2) is 0 Å². The van der Waals surface area contributed by atoms with E-state index >= 15 is 0 Å². The minimum atomic E-state index is -0.518. The number of amides is 2. The van der Waals surface area contributed by atoms with Gasteiger partial charge in [0, 0.05) is 12.1 Å². The van der Waals surface area contributed by atoms with Crippen LogP contribution >= 0.6 is 12.2 Å². The molecule has 0 spiro atoms. The van der Waals surface area contributed by atoms with Crippen molar-refractivity contribution in [3.05, 3.63) is 60.2 Å². The van der Waals surface area contributed by atoms with Crippen molar-refractivity contribution < 1.29 is 14.3 Å². The lowest BCUT2D eigenvalue weighted by Gasteiger charge is -2.28. The van der Waals surface area contributed by atoms with E-state index in [0.717, 1.165) is 10.8 Å². The van der Waals surface area contributed by atoms with Crippen LogP contribution in [0.1, 0.15) is 12.5 Å². The minimum Gasteiger partial charge on any atom is -0.493 e. The Morgan fingerprint density at radius 1 is 1.23 bits per heavy atom. The summed E-state index contributed by atoms with van der Waals surface area (Å²) in [4.78, 5) is 26.5. The Labute approximate surface area is 156 Å². The number of fused-ring (bicyclic) bond motifs is 1. The average molecular weight is 366 g/mol. The van der Waals surface area contributed by atoms with Gasteiger partial charge < -0.3 is 4.74 Å². The molecule has 132 valence electrons. The van der Waals surface area contributed by atoms with Gasteiger partial charge in [0.05, 0.1) is 6.61 Å². The van der Waals surface area contributed by atoms with E-state index in [-0.39, 0.29) is 17.2 Å². The molecular weight excluding hydrogens is 348 g/mol. The maximum Gasteiger partial charge on any atom is 0.265 e. The van der Waals surface area contributed by atoms with E-state index in [0.29, 0.717) is 17.9 Å². The van der Waals surface area contributed by atoms with Crippen LogP contribution in [0.3, 0.4) is 0 Å². The standard InChI is InChI=1S/C20H18N2O3S/c1-3-11-22-19(24)16(18(23)21-20(22)26)12-15-14-8-6-5-7-13(14)9-10-17(15)25-4-2/h3,5-10,12H,1,4,11H2,2H3,(H,21,23,26). The predicted octanol–water partition coefficient (Wildman–Crippen LogP) is 3.05. The van der Waals surface area contributed by atoms with Crippen LogP contribution in [0.15, 0.2) is 54.6 Å². The molecule has 2 aromatic rings. The van der Waals surface area contributed by atoms with Crippen molar-refractivity contribution in [2.24, 2.45) is 0 Å². The van der Waals surface area contributed by atoms with Crippen molar-refractivity contribution in [1.29, 1.82) is 0 Å². The van der Waals surface area contributed by atoms with Gasteiger partial charge in [-0.3, -0.25) is 19.8 Å². The highest BCUT2D eigenvalue weighted by molar-refractivity contribution is 7.80. The summed E-state index contributed by atoms with van der Waals surface area (Å²) in [5.41, 5.74) is 0.701. The van der Waals surface area contributed by atoms with Gasteiger partial charge in [-0.1, -0.05) is 36.4 Å². The first-order chi connectivity index (χ1) is 12.6. The summed E-state index contributed by atoms with van der Waals surface area (Å²) < 4.78 is 5.71. The molecule has 6 heteroatoms. The van der Waals surface area contributed by atoms with Crippen molar-refractivity contribution in [3.8, 4) is 5.75 Å². The van der Waals surface area contributed by atoms with E-state index in [1.807, 2.05) is 43.3 Å². The van der Waals surface area contributed by atoms with E-state index in [4.69, 9.17) is 17.0 Å². The fraction of sp³-hybridized carbons (Fsp3) is 0.150. The molecule has 0 aromatic heterocycles. The summed E-state index contributed by atoms with van der Waals surface area (Å²) in [5, 5.41) is 4.53. The number of nitrogens with one attached hydrogen (secondary N) is 1. The van der Waals surface area contributed by atoms with Crippen molar-refractivity contribution in [1.82, 2.24) is 10.2 Å². The molecule has 1 fully saturated rings. The highest BCUT2D eigenvalue weighted by Gasteiger charge is 2.33. The zero-order valence-corrected chi connectivity index (χ0v) is 15.1. The number of carbonyl (C=O) groups excluding carboxylic acids is 2. The van der Waals surface area contributed by atoms with E-state index in [1.54, 1.807) is 12.2 Å². The molecule has 0 bridgehead atoms. The van der Waals surface area contributed by atoms with Crippen molar-refractivity contribution in [3.63, 3.8) is 0 Å². The first-order valence-corrected chi connectivity index (χ1v) is 8.62. The number of ether oxygens (including phenoxy) is 1. The van der Waals surface area contributed by atoms with Gasteiger partial charge >= 0.3 is 0 Å². The van der Waals surface area contributed by atoms with Crippen LogP contribution in [0.2, 0.25) is 0 Å². The van der Waals surface area contributed by atoms with Gasteiger partial charge in [-0.05, 0) is 42.1 Å². The summed E-state index contributed by atoms with van der Waals surface area (Å²) in [6.45, 7) is 6.21. The van der Waals surface area contributed by atoms with Gasteiger partial charge in [0.25, 0.3) is 11.8 Å². The number of thiocarbonyl (C=S) groups is 1. The molecule has 0 saturated carbocycles. The molecule has 26 heavy (non-hydrogen) atoms. The topological polar surface area (TPSA) is 58.6 Å². The Kier molecular flexibility index (Phi) is 5.14. The SMILES string of the molecule is C=CCN1C(=O)C(=Cc2c(OCC)ccc3ccccc23)C(=O)NC1=S. The Bertz CT molecular complexity index is 949. The fourth-order valence-electron chi connectivity index (χ4n) is 2.84. The summed E-state index contributed by atoms with van der Waals surface area (Å²) in [7, 11) is 0. The molecule has 1 N–H and O–H groups in total. The number of benzene rings is 2. The second-order valence-electron chi connectivity index (χ2n) is 5.65. The molecule has 2 aromatic carbocycles. The zero-order valence-electron chi connectivity index (χ0n) is 14.3. The molecule has 1 aliphatic heterocycles. The third kappa shape index (κ3) is 3.23. The van der Waals surface area contributed by atoms with Crippen molar-refractivity contribution in [2.75, 3.05) is 13.2 Å². The normalized spacial score (nSPS) is 16.1. The number of hydrogen-bond acceptors (Lipinski definition) is 4. The second kappa shape index (κ2) is 7.49. The highest BCUT2D eigenvalue weighted by atomic mass is 32.1. The third-order valence-corrected chi connectivity index (χ3v) is 4.34. The fourth-order valence-corrected chi connectivity index (χ4v) is 3.09. The zero-order chi connectivity index (χ0) is 18.7. The molecule has 2 amide bonds. The van der Waals surface area contributed by atoms with Gasteiger partial charge in [0.15, 0.2) is 5.11 Å². The first-order valence-electron chi connectivity index (χ1n) is 8.21. The summed E-state index contributed by atoms with van der Waals surface area (Å²) in [6.07, 6.45) is 3.13. The number of hydrogen-bond donors (Lipinski definition) is 1. The van der Waals surface area contributed by atoms with Crippen LogP contribution in [-0.2, 0) is 9.59 Å². The largest absolute Gasteiger partial charge is 0.493 e. The van der Waals surface area contributed by atoms with Crippen molar-refractivity contribution in [2.45, 2.75) is 6.92 Å². The van der Waals surface area contributed by atoms with Gasteiger partial charge in [-0.15, -0.1) is 6.58 Å². The molecule has 1 heterocycles. The number of carbonyl (C=O) groups is 2. The molecule has 0 radical (unpaired) electrons. The lowest BCUT2D eigenvalue weighted by molar-refractivity contribution is -0.128. The average Bonchev–Trinajstić information content (AvgIpc) is 2.63. The Balaban J connectivity index is 2.17. The molecule has 0 unspecified atom stereocenters. The van der Waals surface area contributed by atoms with Crippen LogP contribution in [0.5, 0.6) is 5.75 Å². The number of nitrogens with zero attached hydrogens (tertiary/aromatic N) is 1. The Hall–Kier alpha value is -2.99. The van der Waals surface area contributed by atoms with Crippen LogP contribution in [0.25, 0.3) is 16.8 Å². The quantitative estimate of drug-likeness (QED) is 0.382. The Morgan fingerprint density at radius 3 is 2.73 bits per heavy atom. The minimum absolute atomic E-state index is 0.0118. The maximum atomic E-state index is 12.8. The number of rotatable bonds is 5. The molecule has 0 atom stereocenters. The van der Waals surface area contributed by atoms with Crippen LogP contribution in [0, 0.1) is 0 Å².